The van der Waals surface area contributed by atoms with Gasteiger partial charge in [0.25, 0.3) is 11.8 Å². The van der Waals surface area contributed by atoms with E-state index in [2.05, 4.69) is 15.6 Å². The molecule has 0 bridgehead atoms. The maximum atomic E-state index is 13.8. The quantitative estimate of drug-likeness (QED) is 0.838. The van der Waals surface area contributed by atoms with E-state index in [1.54, 1.807) is 10.9 Å². The third kappa shape index (κ3) is 3.56. The van der Waals surface area contributed by atoms with Gasteiger partial charge in [0.15, 0.2) is 0 Å². The van der Waals surface area contributed by atoms with E-state index < -0.39 is 12.1 Å². The minimum absolute atomic E-state index is 0.0693. The Bertz CT molecular complexity index is 701. The molecule has 0 aliphatic carbocycles. The van der Waals surface area contributed by atoms with Crippen LogP contribution in [0.3, 0.4) is 0 Å². The minimum Gasteiger partial charge on any atom is -0.479 e. The third-order valence-electron chi connectivity index (χ3n) is 4.18. The molecule has 24 heavy (non-hydrogen) atoms. The second kappa shape index (κ2) is 7.00. The highest BCUT2D eigenvalue weighted by Gasteiger charge is 2.32. The number of nitrogens with zero attached hydrogens (tertiary/aromatic N) is 4. The van der Waals surface area contributed by atoms with Crippen molar-refractivity contribution in [2.45, 2.75) is 25.2 Å². The summed E-state index contributed by atoms with van der Waals surface area (Å²) in [4.78, 5) is 14.1. The van der Waals surface area contributed by atoms with Crippen LogP contribution >= 0.6 is 0 Å². The Labute approximate surface area is 138 Å². The third-order valence-corrected chi connectivity index (χ3v) is 4.18. The van der Waals surface area contributed by atoms with Crippen molar-refractivity contribution in [1.82, 2.24) is 25.2 Å². The normalized spacial score (nSPS) is 21.1. The molecule has 1 aliphatic rings. The molecule has 9 heteroatoms. The lowest BCUT2D eigenvalue weighted by molar-refractivity contribution is 0.0902. The lowest BCUT2D eigenvalue weighted by Gasteiger charge is -2.24. The number of rotatable bonds is 6. The highest BCUT2D eigenvalue weighted by Crippen LogP contribution is 2.22. The fourth-order valence-electron chi connectivity index (χ4n) is 2.85. The number of aromatic nitrogens is 3. The van der Waals surface area contributed by atoms with Gasteiger partial charge in [-0.25, -0.2) is 4.39 Å². The van der Waals surface area contributed by atoms with Gasteiger partial charge in [-0.15, -0.1) is 0 Å². The number of amides is 1. The topological polar surface area (TPSA) is 85.4 Å². The smallest absolute Gasteiger partial charge is 0.290 e. The second-order valence-corrected chi connectivity index (χ2v) is 5.81. The maximum absolute atomic E-state index is 13.8. The number of hydrogen-bond donors (Lipinski definition) is 1. The second-order valence-electron chi connectivity index (χ2n) is 5.81. The number of carbonyl (C=O) groups is 1. The summed E-state index contributed by atoms with van der Waals surface area (Å²) < 4.78 is 25.4. The minimum atomic E-state index is -0.898. The first-order valence-corrected chi connectivity index (χ1v) is 7.70. The van der Waals surface area contributed by atoms with E-state index in [9.17, 15) is 9.18 Å². The Hall–Kier alpha value is -2.42. The van der Waals surface area contributed by atoms with Crippen LogP contribution in [0.5, 0.6) is 5.88 Å². The molecular weight excluding hydrogens is 317 g/mol. The van der Waals surface area contributed by atoms with E-state index in [0.717, 1.165) is 5.69 Å². The van der Waals surface area contributed by atoms with Crippen molar-refractivity contribution in [3.8, 4) is 5.88 Å². The van der Waals surface area contributed by atoms with E-state index in [4.69, 9.17) is 9.26 Å². The van der Waals surface area contributed by atoms with Crippen molar-refractivity contribution in [3.05, 3.63) is 29.8 Å². The Kier molecular flexibility index (Phi) is 4.79. The van der Waals surface area contributed by atoms with Gasteiger partial charge in [-0.1, -0.05) is 0 Å². The van der Waals surface area contributed by atoms with Crippen molar-refractivity contribution in [2.24, 2.45) is 7.05 Å². The Morgan fingerprint density at radius 3 is 3.08 bits per heavy atom. The summed E-state index contributed by atoms with van der Waals surface area (Å²) in [6, 6.07) is 3.24. The van der Waals surface area contributed by atoms with Gasteiger partial charge in [-0.2, -0.15) is 5.10 Å². The molecule has 3 rings (SSSR count). The van der Waals surface area contributed by atoms with Crippen LogP contribution in [-0.2, 0) is 13.6 Å². The summed E-state index contributed by atoms with van der Waals surface area (Å²) in [5.74, 6) is -0.0869. The number of likely N-dealkylation sites (tertiary alicyclic amines) is 1. The van der Waals surface area contributed by atoms with E-state index in [1.807, 2.05) is 18.0 Å². The molecule has 2 aromatic rings. The van der Waals surface area contributed by atoms with E-state index in [-0.39, 0.29) is 17.7 Å². The Morgan fingerprint density at radius 1 is 1.58 bits per heavy atom. The van der Waals surface area contributed by atoms with Gasteiger partial charge in [0, 0.05) is 38.9 Å². The zero-order chi connectivity index (χ0) is 17.1. The molecule has 8 nitrogen and oxygen atoms in total. The van der Waals surface area contributed by atoms with Crippen molar-refractivity contribution in [1.29, 1.82) is 0 Å². The van der Waals surface area contributed by atoms with Gasteiger partial charge < -0.3 is 14.6 Å². The number of alkyl halides is 1. The van der Waals surface area contributed by atoms with Crippen LogP contribution in [0, 0.1) is 0 Å². The zero-order valence-corrected chi connectivity index (χ0v) is 13.6. The molecule has 1 fully saturated rings. The summed E-state index contributed by atoms with van der Waals surface area (Å²) in [6.45, 7) is 1.27. The largest absolute Gasteiger partial charge is 0.479 e. The lowest BCUT2D eigenvalue weighted by atomic mass is 10.2. The zero-order valence-electron chi connectivity index (χ0n) is 13.6. The van der Waals surface area contributed by atoms with Crippen molar-refractivity contribution in [2.75, 3.05) is 20.2 Å². The Morgan fingerprint density at radius 2 is 2.42 bits per heavy atom. The van der Waals surface area contributed by atoms with Crippen LogP contribution in [0.4, 0.5) is 4.39 Å². The highest BCUT2D eigenvalue weighted by atomic mass is 19.1. The molecule has 2 atom stereocenters. The highest BCUT2D eigenvalue weighted by molar-refractivity contribution is 5.91. The molecule has 0 spiro atoms. The van der Waals surface area contributed by atoms with Crippen LogP contribution < -0.4 is 10.1 Å². The number of halogens is 1. The van der Waals surface area contributed by atoms with Crippen LogP contribution in [-0.4, -0.2) is 58.2 Å². The molecule has 3 heterocycles. The number of methoxy groups -OCH3 is 1. The van der Waals surface area contributed by atoms with Crippen LogP contribution in [0.1, 0.15) is 22.7 Å². The fourth-order valence-corrected chi connectivity index (χ4v) is 2.85. The predicted molar refractivity (Wildman–Crippen MR) is 82.3 cm³/mol. The van der Waals surface area contributed by atoms with Crippen molar-refractivity contribution >= 4 is 5.91 Å². The molecule has 1 saturated heterocycles. The van der Waals surface area contributed by atoms with Crippen LogP contribution in [0.15, 0.2) is 22.9 Å². The molecule has 0 saturated carbocycles. The average Bonchev–Trinajstić information content (AvgIpc) is 3.27. The van der Waals surface area contributed by atoms with E-state index in [0.29, 0.717) is 26.1 Å². The standard InChI is InChI=1S/C15H20FN5O3/c1-20-11(3-4-18-20)9-21-8-10(16)5-12(21)7-17-15(22)13-6-14(23-2)19-24-13/h3-4,6,10,12H,5,7-9H2,1-2H3,(H,17,22)/t10-,12-/m0/s1. The summed E-state index contributed by atoms with van der Waals surface area (Å²) in [5, 5.41) is 10.5. The summed E-state index contributed by atoms with van der Waals surface area (Å²) in [6.07, 6.45) is 1.20. The number of carbonyl (C=O) groups excluding carboxylic acids is 1. The maximum Gasteiger partial charge on any atom is 0.290 e. The number of hydrogen-bond acceptors (Lipinski definition) is 6. The first-order chi connectivity index (χ1) is 11.6. The SMILES string of the molecule is COc1cc(C(=O)NC[C@@H]2C[C@H](F)CN2Cc2ccnn2C)on1. The van der Waals surface area contributed by atoms with Crippen molar-refractivity contribution in [3.63, 3.8) is 0 Å². The molecular formula is C15H20FN5O3. The summed E-state index contributed by atoms with van der Waals surface area (Å²) in [5.41, 5.74) is 1.00. The van der Waals surface area contributed by atoms with Gasteiger partial charge in [0.05, 0.1) is 18.9 Å². The molecule has 1 aliphatic heterocycles. The van der Waals surface area contributed by atoms with Gasteiger partial charge in [-0.05, 0) is 17.6 Å². The number of aryl methyl sites for hydroxylation is 1. The molecule has 1 amide bonds. The monoisotopic (exact) mass is 337 g/mol. The van der Waals surface area contributed by atoms with E-state index in [1.165, 1.54) is 13.2 Å². The van der Waals surface area contributed by atoms with E-state index >= 15 is 0 Å². The summed E-state index contributed by atoms with van der Waals surface area (Å²) >= 11 is 0. The number of nitrogens with one attached hydrogen (secondary N) is 1. The molecule has 2 aromatic heterocycles. The van der Waals surface area contributed by atoms with Gasteiger partial charge in [-0.3, -0.25) is 14.4 Å². The molecule has 130 valence electrons. The Balaban J connectivity index is 1.58. The van der Waals surface area contributed by atoms with Crippen LogP contribution in [0.2, 0.25) is 0 Å². The first-order valence-electron chi connectivity index (χ1n) is 7.70. The summed E-state index contributed by atoms with van der Waals surface area (Å²) in [7, 11) is 3.29. The molecule has 1 N–H and O–H groups in total. The van der Waals surface area contributed by atoms with Crippen molar-refractivity contribution < 1.29 is 18.4 Å². The molecule has 0 radical (unpaired) electrons. The first kappa shape index (κ1) is 16.4. The van der Waals surface area contributed by atoms with Gasteiger partial charge in [0.1, 0.15) is 6.17 Å². The predicted octanol–water partition coefficient (Wildman–Crippen LogP) is 0.759. The number of ether oxygens (including phenoxy) is 1. The van der Waals surface area contributed by atoms with Gasteiger partial charge in [0.2, 0.25) is 5.76 Å². The lowest BCUT2D eigenvalue weighted by Crippen LogP contribution is -2.40. The van der Waals surface area contributed by atoms with Gasteiger partial charge >= 0.3 is 0 Å². The molecule has 0 unspecified atom stereocenters. The van der Waals surface area contributed by atoms with Crippen LogP contribution in [0.25, 0.3) is 0 Å². The average molecular weight is 337 g/mol. The fraction of sp³-hybridized carbons (Fsp3) is 0.533. The molecule has 0 aromatic carbocycles.